The van der Waals surface area contributed by atoms with Gasteiger partial charge >= 0.3 is 0 Å². The minimum atomic E-state index is -3.72. The molecule has 0 spiro atoms. The van der Waals surface area contributed by atoms with Crippen LogP contribution < -0.4 is 11.1 Å². The SMILES string of the molecule is Cc1ccc(N)cc1S(=O)(=O)CC(=O)NCCC#N. The number of nitrogens with two attached hydrogens (primary N) is 1. The van der Waals surface area contributed by atoms with Crippen molar-refractivity contribution in [1.82, 2.24) is 5.32 Å². The third-order valence-electron chi connectivity index (χ3n) is 2.43. The van der Waals surface area contributed by atoms with E-state index in [0.717, 1.165) is 0 Å². The van der Waals surface area contributed by atoms with E-state index in [1.165, 1.54) is 6.07 Å². The minimum absolute atomic E-state index is 0.0583. The van der Waals surface area contributed by atoms with Crippen LogP contribution in [0.15, 0.2) is 23.1 Å². The Hall–Kier alpha value is -2.07. The van der Waals surface area contributed by atoms with Crippen LogP contribution in [0.25, 0.3) is 0 Å². The van der Waals surface area contributed by atoms with Crippen LogP contribution >= 0.6 is 0 Å². The maximum Gasteiger partial charge on any atom is 0.235 e. The van der Waals surface area contributed by atoms with Crippen molar-refractivity contribution < 1.29 is 13.2 Å². The first-order chi connectivity index (χ1) is 8.86. The Labute approximate surface area is 112 Å². The Morgan fingerprint density at radius 3 is 2.79 bits per heavy atom. The number of nitriles is 1. The van der Waals surface area contributed by atoms with Gasteiger partial charge in [-0.1, -0.05) is 6.07 Å². The third kappa shape index (κ3) is 4.26. The fourth-order valence-corrected chi connectivity index (χ4v) is 2.99. The van der Waals surface area contributed by atoms with Crippen molar-refractivity contribution in [2.45, 2.75) is 18.2 Å². The third-order valence-corrected chi connectivity index (χ3v) is 4.18. The number of rotatable bonds is 5. The molecule has 0 radical (unpaired) electrons. The molecule has 0 heterocycles. The second-order valence-corrected chi connectivity index (χ2v) is 6.00. The largest absolute Gasteiger partial charge is 0.399 e. The van der Waals surface area contributed by atoms with E-state index in [1.807, 2.05) is 6.07 Å². The van der Waals surface area contributed by atoms with Crippen molar-refractivity contribution in [3.05, 3.63) is 23.8 Å². The van der Waals surface area contributed by atoms with Crippen molar-refractivity contribution >= 4 is 21.4 Å². The van der Waals surface area contributed by atoms with E-state index in [-0.39, 0.29) is 17.9 Å². The standard InChI is InChI=1S/C12H15N3O3S/c1-9-3-4-10(14)7-11(9)19(17,18)8-12(16)15-6-2-5-13/h3-4,7H,2,6,8,14H2,1H3,(H,15,16). The molecule has 19 heavy (non-hydrogen) atoms. The molecule has 1 rings (SSSR count). The van der Waals surface area contributed by atoms with Crippen LogP contribution in [0, 0.1) is 18.3 Å². The Balaban J connectivity index is 2.84. The summed E-state index contributed by atoms with van der Waals surface area (Å²) in [6.07, 6.45) is 0.142. The molecule has 3 N–H and O–H groups in total. The van der Waals surface area contributed by atoms with Gasteiger partial charge < -0.3 is 11.1 Å². The summed E-state index contributed by atoms with van der Waals surface area (Å²) in [5.41, 5.74) is 6.42. The summed E-state index contributed by atoms with van der Waals surface area (Å²) in [5, 5.41) is 10.7. The van der Waals surface area contributed by atoms with E-state index in [0.29, 0.717) is 11.3 Å². The molecule has 0 saturated carbocycles. The van der Waals surface area contributed by atoms with Crippen molar-refractivity contribution in [2.24, 2.45) is 0 Å². The fraction of sp³-hybridized carbons (Fsp3) is 0.333. The van der Waals surface area contributed by atoms with Gasteiger partial charge in [-0.25, -0.2) is 8.42 Å². The van der Waals surface area contributed by atoms with E-state index >= 15 is 0 Å². The molecule has 6 nitrogen and oxygen atoms in total. The van der Waals surface area contributed by atoms with Crippen molar-refractivity contribution in [3.8, 4) is 6.07 Å². The van der Waals surface area contributed by atoms with Crippen LogP contribution in [0.2, 0.25) is 0 Å². The minimum Gasteiger partial charge on any atom is -0.399 e. The Bertz CT molecular complexity index is 618. The first-order valence-corrected chi connectivity index (χ1v) is 7.24. The zero-order valence-corrected chi connectivity index (χ0v) is 11.3. The molecule has 1 amide bonds. The second-order valence-electron chi connectivity index (χ2n) is 4.04. The second kappa shape index (κ2) is 6.20. The molecule has 0 aliphatic heterocycles. The summed E-state index contributed by atoms with van der Waals surface area (Å²) in [7, 11) is -3.72. The number of nitrogens with zero attached hydrogens (tertiary/aromatic N) is 1. The van der Waals surface area contributed by atoms with Gasteiger partial charge in [0.1, 0.15) is 5.75 Å². The van der Waals surface area contributed by atoms with E-state index < -0.39 is 21.5 Å². The average Bonchev–Trinajstić information content (AvgIpc) is 2.32. The van der Waals surface area contributed by atoms with Crippen molar-refractivity contribution in [1.29, 1.82) is 5.26 Å². The Morgan fingerprint density at radius 1 is 1.47 bits per heavy atom. The summed E-state index contributed by atoms with van der Waals surface area (Å²) in [6, 6.07) is 6.39. The summed E-state index contributed by atoms with van der Waals surface area (Å²) in [5.74, 6) is -1.28. The number of aryl methyl sites for hydroxylation is 1. The molecular formula is C12H15N3O3S. The topological polar surface area (TPSA) is 113 Å². The number of benzene rings is 1. The van der Waals surface area contributed by atoms with Crippen LogP contribution in [0.1, 0.15) is 12.0 Å². The van der Waals surface area contributed by atoms with Gasteiger partial charge in [-0.05, 0) is 24.6 Å². The predicted molar refractivity (Wildman–Crippen MR) is 70.9 cm³/mol. The number of nitrogens with one attached hydrogen (secondary N) is 1. The van der Waals surface area contributed by atoms with Crippen LogP contribution in [-0.2, 0) is 14.6 Å². The van der Waals surface area contributed by atoms with Crippen molar-refractivity contribution in [3.63, 3.8) is 0 Å². The van der Waals surface area contributed by atoms with Gasteiger partial charge in [-0.15, -0.1) is 0 Å². The molecule has 0 aromatic heterocycles. The van der Waals surface area contributed by atoms with Crippen LogP contribution in [0.5, 0.6) is 0 Å². The van der Waals surface area contributed by atoms with Crippen molar-refractivity contribution in [2.75, 3.05) is 18.0 Å². The summed E-state index contributed by atoms with van der Waals surface area (Å²) in [4.78, 5) is 11.5. The summed E-state index contributed by atoms with van der Waals surface area (Å²) < 4.78 is 24.1. The molecule has 1 aromatic carbocycles. The normalized spacial score (nSPS) is 10.7. The van der Waals surface area contributed by atoms with Gasteiger partial charge in [0, 0.05) is 12.2 Å². The fourth-order valence-electron chi connectivity index (χ4n) is 1.51. The highest BCUT2D eigenvalue weighted by molar-refractivity contribution is 7.92. The molecule has 0 saturated heterocycles. The number of anilines is 1. The lowest BCUT2D eigenvalue weighted by molar-refractivity contribution is -0.118. The quantitative estimate of drug-likeness (QED) is 0.598. The molecule has 0 aliphatic carbocycles. The smallest absolute Gasteiger partial charge is 0.235 e. The highest BCUT2D eigenvalue weighted by atomic mass is 32.2. The molecule has 1 aromatic rings. The van der Waals surface area contributed by atoms with Crippen LogP contribution in [0.4, 0.5) is 5.69 Å². The number of amides is 1. The van der Waals surface area contributed by atoms with E-state index in [9.17, 15) is 13.2 Å². The molecule has 102 valence electrons. The zero-order valence-electron chi connectivity index (χ0n) is 10.5. The molecular weight excluding hydrogens is 266 g/mol. The van der Waals surface area contributed by atoms with Gasteiger partial charge in [0.25, 0.3) is 0 Å². The highest BCUT2D eigenvalue weighted by Crippen LogP contribution is 2.19. The lowest BCUT2D eigenvalue weighted by Gasteiger charge is -2.08. The number of sulfone groups is 1. The monoisotopic (exact) mass is 281 g/mol. The molecule has 0 unspecified atom stereocenters. The number of carbonyl (C=O) groups excluding carboxylic acids is 1. The van der Waals surface area contributed by atoms with E-state index in [2.05, 4.69) is 5.32 Å². The highest BCUT2D eigenvalue weighted by Gasteiger charge is 2.21. The number of nitrogen functional groups attached to an aromatic ring is 1. The van der Waals surface area contributed by atoms with Gasteiger partial charge in [-0.2, -0.15) is 5.26 Å². The van der Waals surface area contributed by atoms with Gasteiger partial charge in [0.15, 0.2) is 9.84 Å². The molecule has 0 atom stereocenters. The van der Waals surface area contributed by atoms with Gasteiger partial charge in [0.05, 0.1) is 17.4 Å². The Kier molecular flexibility index (Phi) is 4.89. The van der Waals surface area contributed by atoms with E-state index in [4.69, 9.17) is 11.0 Å². The number of carbonyl (C=O) groups is 1. The first-order valence-electron chi connectivity index (χ1n) is 5.59. The molecule has 7 heteroatoms. The maximum absolute atomic E-state index is 12.1. The zero-order chi connectivity index (χ0) is 14.5. The van der Waals surface area contributed by atoms with Crippen LogP contribution in [-0.4, -0.2) is 26.6 Å². The summed E-state index contributed by atoms with van der Waals surface area (Å²) >= 11 is 0. The van der Waals surface area contributed by atoms with Crippen LogP contribution in [0.3, 0.4) is 0 Å². The van der Waals surface area contributed by atoms with E-state index in [1.54, 1.807) is 19.1 Å². The lowest BCUT2D eigenvalue weighted by Crippen LogP contribution is -2.31. The number of hydrogen-bond acceptors (Lipinski definition) is 5. The lowest BCUT2D eigenvalue weighted by atomic mass is 10.2. The first kappa shape index (κ1) is 15.0. The van der Waals surface area contributed by atoms with Gasteiger partial charge in [-0.3, -0.25) is 4.79 Å². The molecule has 0 aliphatic rings. The summed E-state index contributed by atoms with van der Waals surface area (Å²) in [6.45, 7) is 1.78. The average molecular weight is 281 g/mol. The molecule has 0 fully saturated rings. The molecule has 0 bridgehead atoms. The predicted octanol–water partition coefficient (Wildman–Crippen LogP) is 0.381. The van der Waals surface area contributed by atoms with Gasteiger partial charge in [0.2, 0.25) is 5.91 Å². The Morgan fingerprint density at radius 2 is 2.16 bits per heavy atom. The number of hydrogen-bond donors (Lipinski definition) is 2. The maximum atomic E-state index is 12.1.